The molecule has 8 nitrogen and oxygen atoms in total. The lowest BCUT2D eigenvalue weighted by Gasteiger charge is -2.20. The van der Waals surface area contributed by atoms with Crippen LogP contribution < -0.4 is 14.6 Å². The van der Waals surface area contributed by atoms with Gasteiger partial charge in [0.25, 0.3) is 0 Å². The lowest BCUT2D eigenvalue weighted by molar-refractivity contribution is -0.269. The topological polar surface area (TPSA) is 133 Å². The first-order valence-corrected chi connectivity index (χ1v) is 11.6. The minimum Gasteiger partial charge on any atom is -0.872 e. The molecular weight excluding hydrogens is 440 g/mol. The lowest BCUT2D eigenvalue weighted by Crippen LogP contribution is -2.14. The summed E-state index contributed by atoms with van der Waals surface area (Å²) in [5.74, 6) is -3.58. The van der Waals surface area contributed by atoms with Crippen molar-refractivity contribution in [1.29, 1.82) is 0 Å². The molecule has 0 bridgehead atoms. The first-order valence-electron chi connectivity index (χ1n) is 11.6. The Morgan fingerprint density at radius 1 is 0.971 bits per heavy atom. The predicted octanol–water partition coefficient (Wildman–Crippen LogP) is 4.91. The molecule has 0 radical (unpaired) electrons. The highest BCUT2D eigenvalue weighted by Gasteiger charge is 2.31. The molecule has 2 aromatic carbocycles. The quantitative estimate of drug-likeness (QED) is 0.269. The molecule has 8 heteroatoms. The van der Waals surface area contributed by atoms with E-state index in [1.807, 2.05) is 13.8 Å². The first kappa shape index (κ1) is 25.1. The monoisotopic (exact) mass is 469 g/mol. The van der Waals surface area contributed by atoms with Gasteiger partial charge in [0.05, 0.1) is 5.56 Å². The molecule has 1 heterocycles. The minimum absolute atomic E-state index is 0.0262. The third-order valence-corrected chi connectivity index (χ3v) is 5.79. The number of Topliss-reactive ketones (excluding diaryl/α,β-unsaturated/α-hetero) is 1. The van der Waals surface area contributed by atoms with Gasteiger partial charge >= 0.3 is 11.9 Å². The molecule has 1 aliphatic heterocycles. The van der Waals surface area contributed by atoms with Gasteiger partial charge < -0.3 is 24.8 Å². The van der Waals surface area contributed by atoms with Crippen molar-refractivity contribution in [2.24, 2.45) is 0 Å². The highest BCUT2D eigenvalue weighted by molar-refractivity contribution is 6.00. The zero-order valence-corrected chi connectivity index (χ0v) is 19.4. The van der Waals surface area contributed by atoms with Crippen LogP contribution in [0.2, 0.25) is 0 Å². The smallest absolute Gasteiger partial charge is 0.347 e. The van der Waals surface area contributed by atoms with Crippen molar-refractivity contribution in [3.63, 3.8) is 0 Å². The van der Waals surface area contributed by atoms with Gasteiger partial charge in [-0.25, -0.2) is 9.59 Å². The highest BCUT2D eigenvalue weighted by Crippen LogP contribution is 2.46. The van der Waals surface area contributed by atoms with Crippen molar-refractivity contribution in [3.8, 4) is 28.7 Å². The average molecular weight is 470 g/mol. The molecule has 0 saturated heterocycles. The van der Waals surface area contributed by atoms with E-state index in [2.05, 4.69) is 0 Å². The van der Waals surface area contributed by atoms with Gasteiger partial charge in [-0.1, -0.05) is 45.3 Å². The lowest BCUT2D eigenvalue weighted by atomic mass is 9.98. The summed E-state index contributed by atoms with van der Waals surface area (Å²) in [6.45, 7) is 4.02. The van der Waals surface area contributed by atoms with Crippen LogP contribution in [0, 0.1) is 0 Å². The Kier molecular flexibility index (Phi) is 8.15. The number of carboxylic acids is 1. The van der Waals surface area contributed by atoms with E-state index in [1.54, 1.807) is 0 Å². The summed E-state index contributed by atoms with van der Waals surface area (Å²) in [4.78, 5) is 37.4. The SMILES string of the molecule is CCCCCC(=O)Cc1cc(O)cc2c1C(=O)Oc1cc([O-])c(C(=O)O)c(CCCCC)c1O2. The molecule has 2 aromatic rings. The number of carbonyl (C=O) groups is 3. The van der Waals surface area contributed by atoms with Crippen LogP contribution in [0.15, 0.2) is 18.2 Å². The Balaban J connectivity index is 2.07. The Labute approximate surface area is 198 Å². The van der Waals surface area contributed by atoms with E-state index in [4.69, 9.17) is 9.47 Å². The molecule has 3 rings (SSSR count). The number of hydrogen-bond donors (Lipinski definition) is 2. The number of carboxylic acid groups (broad SMARTS) is 1. The number of fused-ring (bicyclic) bond motifs is 2. The van der Waals surface area contributed by atoms with Crippen LogP contribution in [-0.4, -0.2) is 27.9 Å². The second-order valence-corrected chi connectivity index (χ2v) is 8.46. The van der Waals surface area contributed by atoms with Crippen molar-refractivity contribution in [2.45, 2.75) is 71.6 Å². The molecular formula is C26H29O8-. The second kappa shape index (κ2) is 11.0. The third kappa shape index (κ3) is 5.50. The van der Waals surface area contributed by atoms with E-state index in [0.717, 1.165) is 38.2 Å². The van der Waals surface area contributed by atoms with Crippen LogP contribution in [0.4, 0.5) is 0 Å². The van der Waals surface area contributed by atoms with Gasteiger partial charge in [0, 0.05) is 24.5 Å². The summed E-state index contributed by atoms with van der Waals surface area (Å²) in [5, 5.41) is 32.5. The third-order valence-electron chi connectivity index (χ3n) is 5.79. The molecule has 0 amide bonds. The molecule has 34 heavy (non-hydrogen) atoms. The van der Waals surface area contributed by atoms with E-state index in [9.17, 15) is 29.7 Å². The van der Waals surface area contributed by atoms with Gasteiger partial charge in [-0.2, -0.15) is 0 Å². The van der Waals surface area contributed by atoms with Crippen LogP contribution in [0.3, 0.4) is 0 Å². The predicted molar refractivity (Wildman–Crippen MR) is 122 cm³/mol. The maximum absolute atomic E-state index is 13.0. The van der Waals surface area contributed by atoms with Gasteiger partial charge in [-0.3, -0.25) is 4.79 Å². The number of phenols is 1. The van der Waals surface area contributed by atoms with Gasteiger partial charge in [-0.15, -0.1) is 0 Å². The van der Waals surface area contributed by atoms with Crippen LogP contribution in [0.25, 0.3) is 0 Å². The molecule has 0 atom stereocenters. The van der Waals surface area contributed by atoms with Crippen molar-refractivity contribution in [3.05, 3.63) is 40.5 Å². The Bertz CT molecular complexity index is 1100. The summed E-state index contributed by atoms with van der Waals surface area (Å²) < 4.78 is 11.4. The summed E-state index contributed by atoms with van der Waals surface area (Å²) in [5.41, 5.74) is -0.0604. The summed E-state index contributed by atoms with van der Waals surface area (Å²) in [6.07, 6.45) is 5.39. The normalized spacial score (nSPS) is 12.2. The van der Waals surface area contributed by atoms with E-state index >= 15 is 0 Å². The highest BCUT2D eigenvalue weighted by atomic mass is 16.6. The van der Waals surface area contributed by atoms with E-state index < -0.39 is 23.3 Å². The molecule has 0 saturated carbocycles. The fraction of sp³-hybridized carbons (Fsp3) is 0.423. The number of unbranched alkanes of at least 4 members (excludes halogenated alkanes) is 4. The Morgan fingerprint density at radius 3 is 2.35 bits per heavy atom. The minimum atomic E-state index is -1.40. The maximum Gasteiger partial charge on any atom is 0.347 e. The van der Waals surface area contributed by atoms with Crippen LogP contribution in [0.1, 0.15) is 90.6 Å². The number of hydrogen-bond acceptors (Lipinski definition) is 7. The summed E-state index contributed by atoms with van der Waals surface area (Å²) in [6, 6.07) is 3.47. The van der Waals surface area contributed by atoms with Crippen molar-refractivity contribution in [1.82, 2.24) is 0 Å². The van der Waals surface area contributed by atoms with E-state index in [1.165, 1.54) is 12.1 Å². The number of carbonyl (C=O) groups excluding carboxylic acids is 2. The average Bonchev–Trinajstić information content (AvgIpc) is 2.89. The molecule has 2 N–H and O–H groups in total. The van der Waals surface area contributed by atoms with Crippen LogP contribution in [0.5, 0.6) is 28.7 Å². The number of phenolic OH excluding ortho intramolecular Hbond substituents is 1. The molecule has 1 aliphatic rings. The van der Waals surface area contributed by atoms with Crippen LogP contribution in [-0.2, 0) is 17.6 Å². The van der Waals surface area contributed by atoms with Gasteiger partial charge in [0.2, 0.25) is 0 Å². The first-order chi connectivity index (χ1) is 16.3. The maximum atomic E-state index is 13.0. The molecule has 182 valence electrons. The largest absolute Gasteiger partial charge is 0.872 e. The Hall–Kier alpha value is -3.55. The number of aromatic carboxylic acids is 1. The van der Waals surface area contributed by atoms with Crippen LogP contribution >= 0.6 is 0 Å². The van der Waals surface area contributed by atoms with E-state index in [0.29, 0.717) is 12.8 Å². The number of ether oxygens (including phenoxy) is 2. The van der Waals surface area contributed by atoms with Gasteiger partial charge in [0.15, 0.2) is 11.5 Å². The van der Waals surface area contributed by atoms with Crippen molar-refractivity contribution in [2.75, 3.05) is 0 Å². The molecule has 0 spiro atoms. The fourth-order valence-corrected chi connectivity index (χ4v) is 4.12. The zero-order chi connectivity index (χ0) is 24.8. The number of ketones is 1. The molecule has 0 aliphatic carbocycles. The van der Waals surface area contributed by atoms with E-state index in [-0.39, 0.29) is 58.3 Å². The number of aromatic hydroxyl groups is 1. The van der Waals surface area contributed by atoms with Gasteiger partial charge in [0.1, 0.15) is 22.8 Å². The molecule has 0 fully saturated rings. The summed E-state index contributed by atoms with van der Waals surface area (Å²) >= 11 is 0. The van der Waals surface area contributed by atoms with Crippen molar-refractivity contribution < 1.29 is 39.2 Å². The standard InChI is InChI=1S/C26H30O8/c1-3-5-7-9-16(27)11-15-12-17(28)13-20-22(15)26(32)34-21-14-19(29)23(25(30)31)18(24(21)33-20)10-8-6-4-2/h12-14,28-29H,3-11H2,1-2H3,(H,30,31)/p-1. The fourth-order valence-electron chi connectivity index (χ4n) is 4.12. The zero-order valence-electron chi connectivity index (χ0n) is 19.4. The number of benzene rings is 2. The molecule has 0 aromatic heterocycles. The Morgan fingerprint density at radius 2 is 1.68 bits per heavy atom. The second-order valence-electron chi connectivity index (χ2n) is 8.46. The number of rotatable bonds is 11. The van der Waals surface area contributed by atoms with Crippen molar-refractivity contribution >= 4 is 17.7 Å². The molecule has 0 unspecified atom stereocenters. The summed E-state index contributed by atoms with van der Waals surface area (Å²) in [7, 11) is 0. The van der Waals surface area contributed by atoms with Gasteiger partial charge in [-0.05, 0) is 37.0 Å². The number of esters is 1.